The van der Waals surface area contributed by atoms with Crippen molar-refractivity contribution < 1.29 is 9.90 Å². The molecule has 0 saturated heterocycles. The first-order valence-electron chi connectivity index (χ1n) is 8.04. The minimum absolute atomic E-state index is 0.700. The lowest BCUT2D eigenvalue weighted by molar-refractivity contribution is -0.143. The number of rotatable bonds is 2. The number of carboxylic acids is 1. The van der Waals surface area contributed by atoms with Crippen LogP contribution in [0.3, 0.4) is 0 Å². The van der Waals surface area contributed by atoms with Crippen molar-refractivity contribution in [2.45, 2.75) is 38.0 Å². The quantitative estimate of drug-likeness (QED) is 0.840. The Morgan fingerprint density at radius 2 is 1.52 bits per heavy atom. The second-order valence-electron chi connectivity index (χ2n) is 6.20. The van der Waals surface area contributed by atoms with Crippen LogP contribution < -0.4 is 0 Å². The lowest BCUT2D eigenvalue weighted by Crippen LogP contribution is -2.33. The van der Waals surface area contributed by atoms with Crippen LogP contribution in [-0.2, 0) is 10.2 Å². The highest BCUT2D eigenvalue weighted by Gasteiger charge is 2.43. The fraction of sp³-hybridized carbons (Fsp3) is 0.286. The topological polar surface area (TPSA) is 37.3 Å². The fourth-order valence-electron chi connectivity index (χ4n) is 3.43. The zero-order chi connectivity index (χ0) is 16.3. The molecule has 1 aliphatic rings. The summed E-state index contributed by atoms with van der Waals surface area (Å²) in [7, 11) is 0. The number of hydrogen-bond donors (Lipinski definition) is 1. The van der Waals surface area contributed by atoms with Crippen molar-refractivity contribution in [3.63, 3.8) is 0 Å². The molecule has 2 nitrogen and oxygen atoms in total. The summed E-state index contributed by atoms with van der Waals surface area (Å²) in [5.41, 5.74) is 3.05. The molecule has 1 aliphatic carbocycles. The third-order valence-corrected chi connectivity index (χ3v) is 4.79. The standard InChI is InChI=1S/C21H20O2/c1-16-8-2-3-9-17(16)12-13-18-10-4-5-11-19(18)21(20(22)23)14-6-7-15-21/h2-5,8-11H,6-7,14-15H2,1H3,(H,22,23). The van der Waals surface area contributed by atoms with E-state index in [-0.39, 0.29) is 0 Å². The number of hydrogen-bond acceptors (Lipinski definition) is 1. The van der Waals surface area contributed by atoms with Gasteiger partial charge in [-0.1, -0.05) is 61.1 Å². The van der Waals surface area contributed by atoms with Gasteiger partial charge in [-0.15, -0.1) is 0 Å². The van der Waals surface area contributed by atoms with Gasteiger partial charge in [-0.05, 0) is 43.0 Å². The summed E-state index contributed by atoms with van der Waals surface area (Å²) in [5.74, 6) is 5.70. The molecule has 0 spiro atoms. The minimum Gasteiger partial charge on any atom is -0.481 e. The van der Waals surface area contributed by atoms with E-state index in [0.717, 1.165) is 35.1 Å². The second kappa shape index (κ2) is 6.30. The van der Waals surface area contributed by atoms with Crippen molar-refractivity contribution in [3.05, 3.63) is 70.8 Å². The van der Waals surface area contributed by atoms with Gasteiger partial charge in [-0.3, -0.25) is 4.79 Å². The molecular formula is C21H20O2. The SMILES string of the molecule is Cc1ccccc1C#Cc1ccccc1C1(C(=O)O)CCCC1. The molecule has 1 fully saturated rings. The lowest BCUT2D eigenvalue weighted by Gasteiger charge is -2.25. The summed E-state index contributed by atoms with van der Waals surface area (Å²) in [6.07, 6.45) is 3.33. The van der Waals surface area contributed by atoms with Gasteiger partial charge in [-0.25, -0.2) is 0 Å². The first-order valence-corrected chi connectivity index (χ1v) is 8.04. The number of carboxylic acid groups (broad SMARTS) is 1. The van der Waals surface area contributed by atoms with E-state index in [1.54, 1.807) is 0 Å². The lowest BCUT2D eigenvalue weighted by atomic mass is 9.77. The molecule has 3 rings (SSSR count). The Morgan fingerprint density at radius 3 is 2.17 bits per heavy atom. The van der Waals surface area contributed by atoms with Gasteiger partial charge in [0.15, 0.2) is 0 Å². The molecule has 0 atom stereocenters. The highest BCUT2D eigenvalue weighted by atomic mass is 16.4. The molecule has 116 valence electrons. The smallest absolute Gasteiger partial charge is 0.314 e. The van der Waals surface area contributed by atoms with E-state index in [4.69, 9.17) is 0 Å². The first kappa shape index (κ1) is 15.4. The number of aryl methyl sites for hydroxylation is 1. The van der Waals surface area contributed by atoms with Gasteiger partial charge in [0.25, 0.3) is 0 Å². The van der Waals surface area contributed by atoms with Crippen molar-refractivity contribution in [3.8, 4) is 11.8 Å². The fourth-order valence-corrected chi connectivity index (χ4v) is 3.43. The molecule has 0 amide bonds. The summed E-state index contributed by atoms with van der Waals surface area (Å²) in [6.45, 7) is 2.03. The molecule has 0 aromatic heterocycles. The van der Waals surface area contributed by atoms with Crippen LogP contribution in [-0.4, -0.2) is 11.1 Å². The van der Waals surface area contributed by atoms with Crippen molar-refractivity contribution in [1.29, 1.82) is 0 Å². The summed E-state index contributed by atoms with van der Waals surface area (Å²) in [4.78, 5) is 12.0. The molecule has 2 aromatic carbocycles. The molecule has 0 aliphatic heterocycles. The monoisotopic (exact) mass is 304 g/mol. The Labute approximate surface area is 137 Å². The Kier molecular flexibility index (Phi) is 4.21. The Hall–Kier alpha value is -2.53. The number of benzene rings is 2. The average Bonchev–Trinajstić information content (AvgIpc) is 3.05. The maximum Gasteiger partial charge on any atom is 0.314 e. The zero-order valence-corrected chi connectivity index (χ0v) is 13.3. The van der Waals surface area contributed by atoms with Crippen molar-refractivity contribution >= 4 is 5.97 Å². The van der Waals surface area contributed by atoms with Crippen LogP contribution in [0.2, 0.25) is 0 Å². The normalized spacial score (nSPS) is 15.7. The van der Waals surface area contributed by atoms with Gasteiger partial charge >= 0.3 is 5.97 Å². The second-order valence-corrected chi connectivity index (χ2v) is 6.20. The highest BCUT2D eigenvalue weighted by molar-refractivity contribution is 5.83. The maximum absolute atomic E-state index is 12.0. The predicted molar refractivity (Wildman–Crippen MR) is 91.4 cm³/mol. The van der Waals surface area contributed by atoms with Gasteiger partial charge in [0, 0.05) is 11.1 Å². The molecule has 1 N–H and O–H groups in total. The largest absolute Gasteiger partial charge is 0.481 e. The van der Waals surface area contributed by atoms with Gasteiger partial charge in [-0.2, -0.15) is 0 Å². The van der Waals surface area contributed by atoms with E-state index in [1.807, 2.05) is 55.5 Å². The zero-order valence-electron chi connectivity index (χ0n) is 13.3. The predicted octanol–water partition coefficient (Wildman–Crippen LogP) is 4.29. The molecule has 0 heterocycles. The average molecular weight is 304 g/mol. The molecule has 2 heteroatoms. The number of carbonyl (C=O) groups is 1. The van der Waals surface area contributed by atoms with Gasteiger partial charge in [0.1, 0.15) is 0 Å². The van der Waals surface area contributed by atoms with E-state index in [9.17, 15) is 9.90 Å². The number of aliphatic carboxylic acids is 1. The van der Waals surface area contributed by atoms with E-state index >= 15 is 0 Å². The van der Waals surface area contributed by atoms with Gasteiger partial charge in [0.05, 0.1) is 5.41 Å². The summed E-state index contributed by atoms with van der Waals surface area (Å²) >= 11 is 0. The van der Waals surface area contributed by atoms with Crippen molar-refractivity contribution in [1.82, 2.24) is 0 Å². The van der Waals surface area contributed by atoms with Crippen LogP contribution in [0.1, 0.15) is 47.9 Å². The van der Waals surface area contributed by atoms with E-state index in [0.29, 0.717) is 12.8 Å². The molecule has 0 bridgehead atoms. The highest BCUT2D eigenvalue weighted by Crippen LogP contribution is 2.42. The van der Waals surface area contributed by atoms with Crippen LogP contribution in [0, 0.1) is 18.8 Å². The third-order valence-electron chi connectivity index (χ3n) is 4.79. The summed E-state index contributed by atoms with van der Waals surface area (Å²) in [5, 5.41) is 9.82. The Balaban J connectivity index is 2.06. The van der Waals surface area contributed by atoms with E-state index in [1.165, 1.54) is 0 Å². The third kappa shape index (κ3) is 2.87. The van der Waals surface area contributed by atoms with Crippen LogP contribution in [0.4, 0.5) is 0 Å². The van der Waals surface area contributed by atoms with E-state index in [2.05, 4.69) is 11.8 Å². The van der Waals surface area contributed by atoms with Crippen molar-refractivity contribution in [2.75, 3.05) is 0 Å². The molecule has 2 aromatic rings. The van der Waals surface area contributed by atoms with Crippen LogP contribution in [0.25, 0.3) is 0 Å². The van der Waals surface area contributed by atoms with Crippen LogP contribution in [0.5, 0.6) is 0 Å². The van der Waals surface area contributed by atoms with Gasteiger partial charge < -0.3 is 5.11 Å². The summed E-state index contributed by atoms with van der Waals surface area (Å²) in [6, 6.07) is 15.7. The van der Waals surface area contributed by atoms with Crippen LogP contribution in [0.15, 0.2) is 48.5 Å². The molecule has 23 heavy (non-hydrogen) atoms. The van der Waals surface area contributed by atoms with Crippen LogP contribution >= 0.6 is 0 Å². The van der Waals surface area contributed by atoms with E-state index < -0.39 is 11.4 Å². The minimum atomic E-state index is -0.767. The van der Waals surface area contributed by atoms with Crippen molar-refractivity contribution in [2.24, 2.45) is 0 Å². The summed E-state index contributed by atoms with van der Waals surface area (Å²) < 4.78 is 0. The van der Waals surface area contributed by atoms with Gasteiger partial charge in [0.2, 0.25) is 0 Å². The molecular weight excluding hydrogens is 284 g/mol. The maximum atomic E-state index is 12.0. The molecule has 1 saturated carbocycles. The first-order chi connectivity index (χ1) is 11.1. The Bertz CT molecular complexity index is 787. The molecule has 0 unspecified atom stereocenters. The Morgan fingerprint density at radius 1 is 0.957 bits per heavy atom. The molecule has 0 radical (unpaired) electrons.